The second kappa shape index (κ2) is 7.26. The van der Waals surface area contributed by atoms with Crippen LogP contribution in [0, 0.1) is 11.8 Å². The van der Waals surface area contributed by atoms with E-state index in [0.29, 0.717) is 12.8 Å². The number of ether oxygens (including phenoxy) is 1. The Hall–Kier alpha value is -0.820. The maximum Gasteiger partial charge on any atom is 0.391 e. The molecule has 1 fully saturated rings. The van der Waals surface area contributed by atoms with Crippen molar-refractivity contribution in [3.05, 3.63) is 0 Å². The number of aliphatic hydroxyl groups excluding tert-OH is 1. The van der Waals surface area contributed by atoms with Crippen molar-refractivity contribution in [1.82, 2.24) is 4.90 Å². The minimum atomic E-state index is -4.23. The van der Waals surface area contributed by atoms with E-state index in [-0.39, 0.29) is 31.9 Å². The number of carbonyl (C=O) groups is 1. The van der Waals surface area contributed by atoms with Crippen LogP contribution in [-0.4, -0.2) is 55.5 Å². The molecule has 0 spiro atoms. The Morgan fingerprint density at radius 2 is 2.10 bits per heavy atom. The van der Waals surface area contributed by atoms with Gasteiger partial charge in [0.15, 0.2) is 0 Å². The number of carbonyl (C=O) groups excluding carboxylic acids is 1. The SMILES string of the molecule is COCC(O)CN(C)C(=O)C1CCCC(C(F)(F)F)C1. The van der Waals surface area contributed by atoms with Gasteiger partial charge >= 0.3 is 6.18 Å². The first kappa shape index (κ1) is 17.2. The molecule has 0 saturated heterocycles. The molecule has 1 aliphatic rings. The summed E-state index contributed by atoms with van der Waals surface area (Å²) in [5.41, 5.74) is 0. The summed E-state index contributed by atoms with van der Waals surface area (Å²) in [6, 6.07) is 0. The molecule has 0 heterocycles. The number of hydrogen-bond acceptors (Lipinski definition) is 3. The highest BCUT2D eigenvalue weighted by Crippen LogP contribution is 2.40. The van der Waals surface area contributed by atoms with Gasteiger partial charge in [-0.15, -0.1) is 0 Å². The van der Waals surface area contributed by atoms with Crippen molar-refractivity contribution in [3.63, 3.8) is 0 Å². The summed E-state index contributed by atoms with van der Waals surface area (Å²) in [5, 5.41) is 9.55. The van der Waals surface area contributed by atoms with Gasteiger partial charge in [-0.25, -0.2) is 0 Å². The number of halogens is 3. The number of alkyl halides is 3. The standard InChI is InChI=1S/C13H22F3NO3/c1-17(7-11(18)8-20-2)12(19)9-4-3-5-10(6-9)13(14,15)16/h9-11,18H,3-8H2,1-2H3. The van der Waals surface area contributed by atoms with Crippen LogP contribution in [0.4, 0.5) is 13.2 Å². The molecule has 1 N–H and O–H groups in total. The van der Waals surface area contributed by atoms with Crippen LogP contribution < -0.4 is 0 Å². The fourth-order valence-corrected chi connectivity index (χ4v) is 2.67. The molecule has 118 valence electrons. The van der Waals surface area contributed by atoms with Crippen LogP contribution in [0.3, 0.4) is 0 Å². The molecule has 0 aromatic carbocycles. The summed E-state index contributed by atoms with van der Waals surface area (Å²) in [6.07, 6.45) is -4.20. The van der Waals surface area contributed by atoms with Gasteiger partial charge in [-0.05, 0) is 19.3 Å². The molecular formula is C13H22F3NO3. The highest BCUT2D eigenvalue weighted by atomic mass is 19.4. The topological polar surface area (TPSA) is 49.8 Å². The van der Waals surface area contributed by atoms with E-state index in [1.165, 1.54) is 19.1 Å². The van der Waals surface area contributed by atoms with Crippen LogP contribution in [0.5, 0.6) is 0 Å². The largest absolute Gasteiger partial charge is 0.391 e. The van der Waals surface area contributed by atoms with E-state index in [2.05, 4.69) is 0 Å². The van der Waals surface area contributed by atoms with Crippen LogP contribution in [0.1, 0.15) is 25.7 Å². The lowest BCUT2D eigenvalue weighted by Gasteiger charge is -2.32. The number of nitrogens with zero attached hydrogens (tertiary/aromatic N) is 1. The molecular weight excluding hydrogens is 275 g/mol. The smallest absolute Gasteiger partial charge is 0.389 e. The first-order valence-corrected chi connectivity index (χ1v) is 6.74. The minimum Gasteiger partial charge on any atom is -0.389 e. The molecule has 1 amide bonds. The monoisotopic (exact) mass is 297 g/mol. The number of amides is 1. The second-order valence-corrected chi connectivity index (χ2v) is 5.43. The van der Waals surface area contributed by atoms with E-state index in [1.807, 2.05) is 0 Å². The quantitative estimate of drug-likeness (QED) is 0.842. The van der Waals surface area contributed by atoms with Crippen molar-refractivity contribution in [2.45, 2.75) is 38.0 Å². The number of methoxy groups -OCH3 is 1. The Balaban J connectivity index is 2.53. The van der Waals surface area contributed by atoms with Gasteiger partial charge in [0.2, 0.25) is 5.91 Å². The molecule has 20 heavy (non-hydrogen) atoms. The summed E-state index contributed by atoms with van der Waals surface area (Å²) in [5.74, 6) is -2.31. The van der Waals surface area contributed by atoms with Crippen molar-refractivity contribution in [2.24, 2.45) is 11.8 Å². The fourth-order valence-electron chi connectivity index (χ4n) is 2.67. The fraction of sp³-hybridized carbons (Fsp3) is 0.923. The van der Waals surface area contributed by atoms with Crippen LogP contribution in [-0.2, 0) is 9.53 Å². The van der Waals surface area contributed by atoms with E-state index < -0.39 is 24.1 Å². The number of likely N-dealkylation sites (N-methyl/N-ethyl adjacent to an activating group) is 1. The van der Waals surface area contributed by atoms with E-state index in [4.69, 9.17) is 4.74 Å². The molecule has 1 aliphatic carbocycles. The highest BCUT2D eigenvalue weighted by Gasteiger charge is 2.44. The summed E-state index contributed by atoms with van der Waals surface area (Å²) in [7, 11) is 2.93. The van der Waals surface area contributed by atoms with Crippen LogP contribution in [0.25, 0.3) is 0 Å². The summed E-state index contributed by atoms with van der Waals surface area (Å²) in [6.45, 7) is 0.160. The lowest BCUT2D eigenvalue weighted by atomic mass is 9.80. The Morgan fingerprint density at radius 1 is 1.45 bits per heavy atom. The molecule has 4 nitrogen and oxygen atoms in total. The van der Waals surface area contributed by atoms with Gasteiger partial charge in [-0.2, -0.15) is 13.2 Å². The average molecular weight is 297 g/mol. The second-order valence-electron chi connectivity index (χ2n) is 5.43. The summed E-state index contributed by atoms with van der Waals surface area (Å²) in [4.78, 5) is 13.4. The van der Waals surface area contributed by atoms with Gasteiger partial charge in [-0.1, -0.05) is 6.42 Å². The van der Waals surface area contributed by atoms with Crippen molar-refractivity contribution < 1.29 is 27.8 Å². The molecule has 0 aromatic rings. The highest BCUT2D eigenvalue weighted by molar-refractivity contribution is 5.78. The predicted molar refractivity (Wildman–Crippen MR) is 67.0 cm³/mol. The Kier molecular flexibility index (Phi) is 6.26. The van der Waals surface area contributed by atoms with Gasteiger partial charge in [0.25, 0.3) is 0 Å². The van der Waals surface area contributed by atoms with Crippen LogP contribution in [0.2, 0.25) is 0 Å². The Morgan fingerprint density at radius 3 is 2.65 bits per heavy atom. The van der Waals surface area contributed by atoms with Crippen LogP contribution in [0.15, 0.2) is 0 Å². The van der Waals surface area contributed by atoms with Crippen molar-refractivity contribution in [3.8, 4) is 0 Å². The zero-order valence-corrected chi connectivity index (χ0v) is 11.8. The molecule has 0 aliphatic heterocycles. The van der Waals surface area contributed by atoms with Gasteiger partial charge < -0.3 is 14.7 Å². The Bertz CT molecular complexity index is 322. The van der Waals surface area contributed by atoms with E-state index in [9.17, 15) is 23.1 Å². The maximum atomic E-state index is 12.7. The van der Waals surface area contributed by atoms with E-state index in [0.717, 1.165) is 0 Å². The number of hydrogen-bond donors (Lipinski definition) is 1. The molecule has 0 aromatic heterocycles. The summed E-state index contributed by atoms with van der Waals surface area (Å²) < 4.78 is 42.9. The average Bonchev–Trinajstić information content (AvgIpc) is 2.37. The third-order valence-electron chi connectivity index (χ3n) is 3.71. The lowest BCUT2D eigenvalue weighted by molar-refractivity contribution is -0.187. The predicted octanol–water partition coefficient (Wildman–Crippen LogP) is 1.82. The Labute approximate surface area is 116 Å². The molecule has 1 rings (SSSR count). The third-order valence-corrected chi connectivity index (χ3v) is 3.71. The molecule has 0 bridgehead atoms. The maximum absolute atomic E-state index is 12.7. The first-order chi connectivity index (χ1) is 9.25. The van der Waals surface area contributed by atoms with Crippen LogP contribution >= 0.6 is 0 Å². The van der Waals surface area contributed by atoms with Gasteiger partial charge in [0.05, 0.1) is 18.6 Å². The van der Waals surface area contributed by atoms with E-state index in [1.54, 1.807) is 0 Å². The van der Waals surface area contributed by atoms with Crippen molar-refractivity contribution >= 4 is 5.91 Å². The third kappa shape index (κ3) is 4.94. The zero-order chi connectivity index (χ0) is 15.3. The summed E-state index contributed by atoms with van der Waals surface area (Å²) >= 11 is 0. The molecule has 3 unspecified atom stereocenters. The van der Waals surface area contributed by atoms with Gasteiger partial charge in [0.1, 0.15) is 0 Å². The van der Waals surface area contributed by atoms with Crippen molar-refractivity contribution in [2.75, 3.05) is 27.3 Å². The molecule has 3 atom stereocenters. The van der Waals surface area contributed by atoms with Gasteiger partial charge in [-0.3, -0.25) is 4.79 Å². The molecule has 1 saturated carbocycles. The number of aliphatic hydroxyl groups is 1. The molecule has 0 radical (unpaired) electrons. The zero-order valence-electron chi connectivity index (χ0n) is 11.8. The molecule has 7 heteroatoms. The van der Waals surface area contributed by atoms with Gasteiger partial charge in [0, 0.05) is 26.6 Å². The van der Waals surface area contributed by atoms with E-state index >= 15 is 0 Å². The van der Waals surface area contributed by atoms with Crippen molar-refractivity contribution in [1.29, 1.82) is 0 Å². The first-order valence-electron chi connectivity index (χ1n) is 6.74. The number of rotatable bonds is 5. The normalized spacial score (nSPS) is 25.3. The lowest BCUT2D eigenvalue weighted by Crippen LogP contribution is -2.42. The minimum absolute atomic E-state index is 0.0693.